The maximum Gasteiger partial charge on any atom is 0.246 e. The molecular formula is C15H25N3O2S. The normalized spacial score (nSPS) is 35.0. The summed E-state index contributed by atoms with van der Waals surface area (Å²) >= 11 is 1.69. The second-order valence-corrected chi connectivity index (χ2v) is 7.44. The molecule has 1 N–H and O–H groups in total. The van der Waals surface area contributed by atoms with E-state index in [1.165, 1.54) is 12.8 Å². The summed E-state index contributed by atoms with van der Waals surface area (Å²) in [7, 11) is 1.93. The van der Waals surface area contributed by atoms with Gasteiger partial charge >= 0.3 is 0 Å². The van der Waals surface area contributed by atoms with E-state index in [-0.39, 0.29) is 17.9 Å². The molecule has 2 bridgehead atoms. The average molecular weight is 311 g/mol. The van der Waals surface area contributed by atoms with E-state index in [2.05, 4.69) is 5.32 Å². The number of amides is 2. The minimum absolute atomic E-state index is 0.0946. The van der Waals surface area contributed by atoms with Crippen molar-refractivity contribution in [1.82, 2.24) is 15.1 Å². The molecule has 3 atom stereocenters. The van der Waals surface area contributed by atoms with Gasteiger partial charge in [-0.05, 0) is 25.7 Å². The first-order valence-electron chi connectivity index (χ1n) is 8.00. The Morgan fingerprint density at radius 1 is 1.29 bits per heavy atom. The summed E-state index contributed by atoms with van der Waals surface area (Å²) in [5, 5.41) is 3.61. The molecule has 3 aliphatic heterocycles. The van der Waals surface area contributed by atoms with Crippen molar-refractivity contribution in [2.45, 2.75) is 63.2 Å². The van der Waals surface area contributed by atoms with Crippen LogP contribution in [0.3, 0.4) is 0 Å². The fourth-order valence-electron chi connectivity index (χ4n) is 3.85. The Bertz CT molecular complexity index is 419. The van der Waals surface area contributed by atoms with Crippen molar-refractivity contribution in [2.75, 3.05) is 18.7 Å². The average Bonchev–Trinajstić information content (AvgIpc) is 3.11. The van der Waals surface area contributed by atoms with Crippen molar-refractivity contribution in [3.63, 3.8) is 0 Å². The molecule has 0 aromatic carbocycles. The highest BCUT2D eigenvalue weighted by Crippen LogP contribution is 2.31. The predicted octanol–water partition coefficient (Wildman–Crippen LogP) is 1.04. The van der Waals surface area contributed by atoms with E-state index in [9.17, 15) is 9.59 Å². The van der Waals surface area contributed by atoms with Gasteiger partial charge in [-0.25, -0.2) is 0 Å². The Morgan fingerprint density at radius 2 is 1.95 bits per heavy atom. The van der Waals surface area contributed by atoms with Crippen LogP contribution in [0.2, 0.25) is 0 Å². The number of piperidine rings is 1. The van der Waals surface area contributed by atoms with E-state index in [0.29, 0.717) is 30.4 Å². The highest BCUT2D eigenvalue weighted by atomic mass is 32.2. The van der Waals surface area contributed by atoms with Crippen molar-refractivity contribution in [2.24, 2.45) is 0 Å². The number of nitrogens with one attached hydrogen (secondary N) is 1. The number of carbonyl (C=O) groups excluding carboxylic acids is 2. The molecule has 0 saturated carbocycles. The summed E-state index contributed by atoms with van der Waals surface area (Å²) in [6.07, 6.45) is 5.07. The maximum atomic E-state index is 12.8. The number of nitrogens with zero attached hydrogens (tertiary/aromatic N) is 2. The molecule has 3 saturated heterocycles. The molecule has 3 rings (SSSR count). The van der Waals surface area contributed by atoms with E-state index < -0.39 is 0 Å². The smallest absolute Gasteiger partial charge is 0.246 e. The third-order valence-electron chi connectivity index (χ3n) is 5.13. The first-order chi connectivity index (χ1) is 10.1. The van der Waals surface area contributed by atoms with E-state index in [1.54, 1.807) is 16.7 Å². The van der Waals surface area contributed by atoms with Crippen LogP contribution in [0.15, 0.2) is 0 Å². The van der Waals surface area contributed by atoms with Gasteiger partial charge in [0, 0.05) is 37.3 Å². The molecule has 0 aliphatic carbocycles. The van der Waals surface area contributed by atoms with Gasteiger partial charge in [-0.15, -0.1) is 11.8 Å². The van der Waals surface area contributed by atoms with Gasteiger partial charge in [-0.1, -0.05) is 6.92 Å². The highest BCUT2D eigenvalue weighted by molar-refractivity contribution is 7.99. The van der Waals surface area contributed by atoms with Gasteiger partial charge < -0.3 is 15.1 Å². The van der Waals surface area contributed by atoms with E-state index >= 15 is 0 Å². The fraction of sp³-hybridized carbons (Fsp3) is 0.867. The standard InChI is InChI=1S/C15H25N3O2S/c1-3-14(19)18-9-21-8-13(18)15(20)17(2)12-6-10-4-5-11(7-12)16-10/h10-13,16H,3-9H2,1-2H3. The zero-order valence-corrected chi connectivity index (χ0v) is 13.7. The van der Waals surface area contributed by atoms with Crippen molar-refractivity contribution in [3.8, 4) is 0 Å². The van der Waals surface area contributed by atoms with Gasteiger partial charge in [0.25, 0.3) is 0 Å². The van der Waals surface area contributed by atoms with Crippen LogP contribution >= 0.6 is 11.8 Å². The molecule has 2 amide bonds. The van der Waals surface area contributed by atoms with Crippen LogP contribution in [-0.2, 0) is 9.59 Å². The monoisotopic (exact) mass is 311 g/mol. The largest absolute Gasteiger partial charge is 0.341 e. The van der Waals surface area contributed by atoms with Crippen LogP contribution in [0.5, 0.6) is 0 Å². The summed E-state index contributed by atoms with van der Waals surface area (Å²) in [5.74, 6) is 1.63. The second-order valence-electron chi connectivity index (χ2n) is 6.45. The Kier molecular flexibility index (Phi) is 4.45. The first kappa shape index (κ1) is 15.2. The van der Waals surface area contributed by atoms with Crippen LogP contribution in [0.1, 0.15) is 39.0 Å². The lowest BCUT2D eigenvalue weighted by molar-refractivity contribution is -0.144. The van der Waals surface area contributed by atoms with E-state index in [1.807, 2.05) is 18.9 Å². The molecule has 3 fully saturated rings. The van der Waals surface area contributed by atoms with Crippen molar-refractivity contribution in [3.05, 3.63) is 0 Å². The zero-order valence-electron chi connectivity index (χ0n) is 12.9. The van der Waals surface area contributed by atoms with Crippen LogP contribution in [-0.4, -0.2) is 64.5 Å². The number of hydrogen-bond acceptors (Lipinski definition) is 4. The number of rotatable bonds is 3. The first-order valence-corrected chi connectivity index (χ1v) is 9.15. The Balaban J connectivity index is 1.65. The molecule has 0 radical (unpaired) electrons. The van der Waals surface area contributed by atoms with Gasteiger partial charge in [-0.3, -0.25) is 9.59 Å². The number of thioether (sulfide) groups is 1. The van der Waals surface area contributed by atoms with E-state index in [0.717, 1.165) is 18.6 Å². The summed E-state index contributed by atoms with van der Waals surface area (Å²) in [6.45, 7) is 1.86. The Morgan fingerprint density at radius 3 is 2.57 bits per heavy atom. The Hall–Kier alpha value is -0.750. The van der Waals surface area contributed by atoms with Crippen LogP contribution in [0.25, 0.3) is 0 Å². The van der Waals surface area contributed by atoms with Gasteiger partial charge in [0.1, 0.15) is 6.04 Å². The third-order valence-corrected chi connectivity index (χ3v) is 6.15. The molecule has 118 valence electrons. The van der Waals surface area contributed by atoms with Crippen LogP contribution < -0.4 is 5.32 Å². The lowest BCUT2D eigenvalue weighted by Gasteiger charge is -2.37. The molecule has 3 unspecified atom stereocenters. The SMILES string of the molecule is CCC(=O)N1CSCC1C(=O)N(C)C1CC2CCC(C1)N2. The number of carbonyl (C=O) groups is 2. The van der Waals surface area contributed by atoms with Crippen molar-refractivity contribution >= 4 is 23.6 Å². The fourth-order valence-corrected chi connectivity index (χ4v) is 5.03. The summed E-state index contributed by atoms with van der Waals surface area (Å²) < 4.78 is 0. The summed E-state index contributed by atoms with van der Waals surface area (Å²) in [4.78, 5) is 28.5. The quantitative estimate of drug-likeness (QED) is 0.846. The van der Waals surface area contributed by atoms with Gasteiger partial charge in [0.2, 0.25) is 11.8 Å². The molecule has 6 heteroatoms. The molecule has 21 heavy (non-hydrogen) atoms. The van der Waals surface area contributed by atoms with Gasteiger partial charge in [0.15, 0.2) is 0 Å². The van der Waals surface area contributed by atoms with E-state index in [4.69, 9.17) is 0 Å². The lowest BCUT2D eigenvalue weighted by Crippen LogP contribution is -2.54. The molecule has 5 nitrogen and oxygen atoms in total. The zero-order chi connectivity index (χ0) is 15.0. The molecule has 3 aliphatic rings. The second kappa shape index (κ2) is 6.16. The molecular weight excluding hydrogens is 286 g/mol. The van der Waals surface area contributed by atoms with Crippen molar-refractivity contribution < 1.29 is 9.59 Å². The third kappa shape index (κ3) is 2.93. The number of fused-ring (bicyclic) bond motifs is 2. The topological polar surface area (TPSA) is 52.7 Å². The minimum Gasteiger partial charge on any atom is -0.341 e. The lowest BCUT2D eigenvalue weighted by atomic mass is 9.98. The predicted molar refractivity (Wildman–Crippen MR) is 84.0 cm³/mol. The Labute approximate surface area is 130 Å². The van der Waals surface area contributed by atoms with Crippen LogP contribution in [0.4, 0.5) is 0 Å². The summed E-state index contributed by atoms with van der Waals surface area (Å²) in [5.41, 5.74) is 0. The van der Waals surface area contributed by atoms with Crippen LogP contribution in [0, 0.1) is 0 Å². The summed E-state index contributed by atoms with van der Waals surface area (Å²) in [6, 6.07) is 1.24. The van der Waals surface area contributed by atoms with Gasteiger partial charge in [0.05, 0.1) is 5.88 Å². The molecule has 0 aromatic rings. The van der Waals surface area contributed by atoms with Gasteiger partial charge in [-0.2, -0.15) is 0 Å². The number of hydrogen-bond donors (Lipinski definition) is 1. The maximum absolute atomic E-state index is 12.8. The number of likely N-dealkylation sites (N-methyl/N-ethyl adjacent to an activating group) is 1. The molecule has 0 spiro atoms. The molecule has 3 heterocycles. The van der Waals surface area contributed by atoms with Crippen molar-refractivity contribution in [1.29, 1.82) is 0 Å². The molecule has 0 aromatic heterocycles. The highest BCUT2D eigenvalue weighted by Gasteiger charge is 2.40. The minimum atomic E-state index is -0.250.